The zero-order valence-electron chi connectivity index (χ0n) is 10.5. The summed E-state index contributed by atoms with van der Waals surface area (Å²) in [7, 11) is 0. The molecule has 2 unspecified atom stereocenters. The highest BCUT2D eigenvalue weighted by atomic mass is 19.4. The highest BCUT2D eigenvalue weighted by Gasteiger charge is 2.31. The molecule has 1 aromatic rings. The molecule has 0 aromatic heterocycles. The number of ether oxygens (including phenoxy) is 2. The number of alkyl halides is 3. The van der Waals surface area contributed by atoms with Crippen molar-refractivity contribution in [3.63, 3.8) is 0 Å². The summed E-state index contributed by atoms with van der Waals surface area (Å²) in [5.41, 5.74) is 5.96. The topological polar surface area (TPSA) is 44.5 Å². The highest BCUT2D eigenvalue weighted by molar-refractivity contribution is 5.44. The van der Waals surface area contributed by atoms with Gasteiger partial charge in [0.1, 0.15) is 0 Å². The van der Waals surface area contributed by atoms with Crippen LogP contribution >= 0.6 is 0 Å². The lowest BCUT2D eigenvalue weighted by Gasteiger charge is -2.16. The third kappa shape index (κ3) is 3.76. The molecule has 0 amide bonds. The van der Waals surface area contributed by atoms with Crippen LogP contribution in [0.5, 0.6) is 11.5 Å². The molecule has 0 bridgehead atoms. The van der Waals surface area contributed by atoms with Crippen molar-refractivity contribution in [1.29, 1.82) is 0 Å². The summed E-state index contributed by atoms with van der Waals surface area (Å²) in [5, 5.41) is 0. The molecule has 1 heterocycles. The van der Waals surface area contributed by atoms with Gasteiger partial charge in [-0.05, 0) is 17.7 Å². The molecule has 3 nitrogen and oxygen atoms in total. The summed E-state index contributed by atoms with van der Waals surface area (Å²) in [4.78, 5) is 0. The zero-order valence-corrected chi connectivity index (χ0v) is 10.5. The number of nitrogens with two attached hydrogens (primary N) is 1. The van der Waals surface area contributed by atoms with E-state index in [1.54, 1.807) is 12.1 Å². The van der Waals surface area contributed by atoms with Crippen LogP contribution in [0, 0.1) is 5.92 Å². The standard InChI is InChI=1S/C13H16F3NO2/c1-8-6-18-11-3-2-9(4-12(11)19-7-8)10(17)5-13(14,15)16/h2-4,8,10H,5-7,17H2,1H3. The van der Waals surface area contributed by atoms with Gasteiger partial charge in [-0.3, -0.25) is 0 Å². The lowest BCUT2D eigenvalue weighted by molar-refractivity contribution is -0.138. The average molecular weight is 275 g/mol. The number of halogens is 3. The molecule has 19 heavy (non-hydrogen) atoms. The van der Waals surface area contributed by atoms with Crippen LogP contribution in [-0.2, 0) is 0 Å². The van der Waals surface area contributed by atoms with Crippen molar-refractivity contribution in [3.05, 3.63) is 23.8 Å². The third-order valence-corrected chi connectivity index (χ3v) is 2.89. The SMILES string of the molecule is CC1COc2ccc(C(N)CC(F)(F)F)cc2OC1. The van der Waals surface area contributed by atoms with E-state index in [1.807, 2.05) is 6.92 Å². The fourth-order valence-corrected chi connectivity index (χ4v) is 1.87. The molecular formula is C13H16F3NO2. The minimum absolute atomic E-state index is 0.236. The lowest BCUT2D eigenvalue weighted by atomic mass is 10.0. The normalized spacial score (nSPS) is 20.8. The number of hydrogen-bond acceptors (Lipinski definition) is 3. The zero-order chi connectivity index (χ0) is 14.0. The minimum atomic E-state index is -4.28. The Morgan fingerprint density at radius 2 is 1.89 bits per heavy atom. The Balaban J connectivity index is 2.17. The third-order valence-electron chi connectivity index (χ3n) is 2.89. The van der Waals surface area contributed by atoms with Crippen molar-refractivity contribution in [2.75, 3.05) is 13.2 Å². The Bertz CT molecular complexity index is 448. The summed E-state index contributed by atoms with van der Waals surface area (Å²) in [6, 6.07) is 3.60. The van der Waals surface area contributed by atoms with Crippen LogP contribution in [0.1, 0.15) is 24.9 Å². The molecule has 2 rings (SSSR count). The van der Waals surface area contributed by atoms with Crippen LogP contribution in [-0.4, -0.2) is 19.4 Å². The Kier molecular flexibility index (Phi) is 3.89. The molecular weight excluding hydrogens is 259 g/mol. The van der Waals surface area contributed by atoms with Gasteiger partial charge >= 0.3 is 6.18 Å². The van der Waals surface area contributed by atoms with Gasteiger partial charge in [0, 0.05) is 12.0 Å². The molecule has 0 spiro atoms. The van der Waals surface area contributed by atoms with Gasteiger partial charge in [0.2, 0.25) is 0 Å². The largest absolute Gasteiger partial charge is 0.489 e. The Labute approximate surface area is 109 Å². The lowest BCUT2D eigenvalue weighted by Crippen LogP contribution is -2.20. The first-order valence-electron chi connectivity index (χ1n) is 6.07. The first-order valence-corrected chi connectivity index (χ1v) is 6.07. The van der Waals surface area contributed by atoms with Crippen LogP contribution in [0.15, 0.2) is 18.2 Å². The number of benzene rings is 1. The monoisotopic (exact) mass is 275 g/mol. The minimum Gasteiger partial charge on any atom is -0.489 e. The van der Waals surface area contributed by atoms with Gasteiger partial charge < -0.3 is 15.2 Å². The quantitative estimate of drug-likeness (QED) is 0.902. The molecule has 0 saturated carbocycles. The van der Waals surface area contributed by atoms with Crippen molar-refractivity contribution in [1.82, 2.24) is 0 Å². The van der Waals surface area contributed by atoms with Crippen molar-refractivity contribution in [3.8, 4) is 11.5 Å². The van der Waals surface area contributed by atoms with E-state index in [0.29, 0.717) is 30.3 Å². The van der Waals surface area contributed by atoms with E-state index in [1.165, 1.54) is 6.07 Å². The van der Waals surface area contributed by atoms with Crippen LogP contribution in [0.4, 0.5) is 13.2 Å². The van der Waals surface area contributed by atoms with Gasteiger partial charge in [0.15, 0.2) is 11.5 Å². The summed E-state index contributed by atoms with van der Waals surface area (Å²) < 4.78 is 48.0. The molecule has 0 saturated heterocycles. The molecule has 6 heteroatoms. The van der Waals surface area contributed by atoms with Gasteiger partial charge in [0.05, 0.1) is 19.6 Å². The summed E-state index contributed by atoms with van der Waals surface area (Å²) in [5.74, 6) is 1.24. The van der Waals surface area contributed by atoms with Crippen molar-refractivity contribution < 1.29 is 22.6 Å². The van der Waals surface area contributed by atoms with Gasteiger partial charge in [0.25, 0.3) is 0 Å². The van der Waals surface area contributed by atoms with E-state index < -0.39 is 18.6 Å². The fraction of sp³-hybridized carbons (Fsp3) is 0.538. The van der Waals surface area contributed by atoms with E-state index >= 15 is 0 Å². The molecule has 0 radical (unpaired) electrons. The molecule has 1 aliphatic heterocycles. The molecule has 1 aliphatic rings. The van der Waals surface area contributed by atoms with Crippen molar-refractivity contribution in [2.24, 2.45) is 11.7 Å². The molecule has 0 fully saturated rings. The number of hydrogen-bond donors (Lipinski definition) is 1. The van der Waals surface area contributed by atoms with E-state index in [0.717, 1.165) is 0 Å². The molecule has 106 valence electrons. The molecule has 2 atom stereocenters. The van der Waals surface area contributed by atoms with Gasteiger partial charge in [-0.1, -0.05) is 13.0 Å². The summed E-state index contributed by atoms with van der Waals surface area (Å²) in [6.07, 6.45) is -5.33. The van der Waals surface area contributed by atoms with E-state index in [-0.39, 0.29) is 5.92 Å². The van der Waals surface area contributed by atoms with Gasteiger partial charge in [-0.25, -0.2) is 0 Å². The first kappa shape index (κ1) is 14.0. The second-order valence-electron chi connectivity index (χ2n) is 4.86. The fourth-order valence-electron chi connectivity index (χ4n) is 1.87. The van der Waals surface area contributed by atoms with Crippen LogP contribution in [0.25, 0.3) is 0 Å². The molecule has 0 aliphatic carbocycles. The molecule has 1 aromatic carbocycles. The highest BCUT2D eigenvalue weighted by Crippen LogP contribution is 2.35. The maximum Gasteiger partial charge on any atom is 0.390 e. The number of rotatable bonds is 2. The summed E-state index contributed by atoms with van der Waals surface area (Å²) in [6.45, 7) is 2.98. The Morgan fingerprint density at radius 1 is 1.26 bits per heavy atom. The van der Waals surface area contributed by atoms with Crippen molar-refractivity contribution in [2.45, 2.75) is 25.6 Å². The second kappa shape index (κ2) is 5.28. The van der Waals surface area contributed by atoms with Crippen LogP contribution in [0.3, 0.4) is 0 Å². The summed E-state index contributed by atoms with van der Waals surface area (Å²) >= 11 is 0. The van der Waals surface area contributed by atoms with Gasteiger partial charge in [-0.15, -0.1) is 0 Å². The van der Waals surface area contributed by atoms with Crippen LogP contribution in [0.2, 0.25) is 0 Å². The maximum atomic E-state index is 12.3. The van der Waals surface area contributed by atoms with E-state index in [9.17, 15) is 13.2 Å². The maximum absolute atomic E-state index is 12.3. The Morgan fingerprint density at radius 3 is 2.53 bits per heavy atom. The second-order valence-corrected chi connectivity index (χ2v) is 4.86. The number of fused-ring (bicyclic) bond motifs is 1. The van der Waals surface area contributed by atoms with E-state index in [4.69, 9.17) is 15.2 Å². The predicted octanol–water partition coefficient (Wildman–Crippen LogP) is 3.05. The average Bonchev–Trinajstić information content (AvgIpc) is 2.49. The molecule has 2 N–H and O–H groups in total. The smallest absolute Gasteiger partial charge is 0.390 e. The van der Waals surface area contributed by atoms with E-state index in [2.05, 4.69) is 0 Å². The van der Waals surface area contributed by atoms with Gasteiger partial charge in [-0.2, -0.15) is 13.2 Å². The predicted molar refractivity (Wildman–Crippen MR) is 64.2 cm³/mol. The van der Waals surface area contributed by atoms with Crippen LogP contribution < -0.4 is 15.2 Å². The Hall–Kier alpha value is -1.43. The van der Waals surface area contributed by atoms with Crippen molar-refractivity contribution >= 4 is 0 Å². The first-order chi connectivity index (χ1) is 8.85.